The Morgan fingerprint density at radius 3 is 2.43 bits per heavy atom. The van der Waals surface area contributed by atoms with Crippen LogP contribution in [0.1, 0.15) is 0 Å². The molecule has 0 amide bonds. The summed E-state index contributed by atoms with van der Waals surface area (Å²) < 4.78 is 10.6. The molecule has 0 radical (unpaired) electrons. The van der Waals surface area contributed by atoms with Gasteiger partial charge >= 0.3 is 0 Å². The molecule has 0 aromatic rings. The lowest BCUT2D eigenvalue weighted by Gasteiger charge is -2.42. The molecule has 9 heteroatoms. The average molecular weight is 329 g/mol. The molecule has 1 saturated heterocycles. The molecule has 1 fully saturated rings. The van der Waals surface area contributed by atoms with Crippen LogP contribution >= 0.6 is 0 Å². The molecule has 23 heavy (non-hydrogen) atoms. The average Bonchev–Trinajstić information content (AvgIpc) is 2.54. The van der Waals surface area contributed by atoms with Crippen LogP contribution in [0.15, 0.2) is 23.8 Å². The molecule has 0 aromatic carbocycles. The molecule has 0 bridgehead atoms. The Morgan fingerprint density at radius 1 is 1.13 bits per heavy atom. The van der Waals surface area contributed by atoms with Gasteiger partial charge in [-0.2, -0.15) is 5.26 Å². The first-order chi connectivity index (χ1) is 10.9. The number of allylic oxidation sites excluding steroid dienone is 1. The predicted molar refractivity (Wildman–Crippen MR) is 73.5 cm³/mol. The van der Waals surface area contributed by atoms with Crippen molar-refractivity contribution in [2.24, 2.45) is 0 Å². The van der Waals surface area contributed by atoms with Crippen LogP contribution in [-0.4, -0.2) is 86.3 Å². The number of hydrogen-bond donors (Lipinski definition) is 6. The lowest BCUT2D eigenvalue weighted by Crippen LogP contribution is -2.60. The third-order valence-corrected chi connectivity index (χ3v) is 3.83. The van der Waals surface area contributed by atoms with E-state index in [1.54, 1.807) is 6.07 Å². The van der Waals surface area contributed by atoms with Crippen LogP contribution < -0.4 is 0 Å². The number of aliphatic hydroxyl groups is 6. The van der Waals surface area contributed by atoms with Crippen LogP contribution in [0, 0.1) is 11.3 Å². The summed E-state index contributed by atoms with van der Waals surface area (Å²) in [5, 5.41) is 66.9. The molecule has 0 aromatic heterocycles. The fraction of sp³-hybridized carbons (Fsp3) is 0.643. The van der Waals surface area contributed by atoms with Gasteiger partial charge in [-0.25, -0.2) is 0 Å². The van der Waals surface area contributed by atoms with E-state index in [-0.39, 0.29) is 5.57 Å². The Bertz CT molecular complexity index is 513. The van der Waals surface area contributed by atoms with Crippen LogP contribution in [0.2, 0.25) is 0 Å². The smallest absolute Gasteiger partial charge is 0.187 e. The zero-order valence-electron chi connectivity index (χ0n) is 12.0. The monoisotopic (exact) mass is 329 g/mol. The van der Waals surface area contributed by atoms with Crippen molar-refractivity contribution in [2.45, 2.75) is 49.0 Å². The first-order valence-corrected chi connectivity index (χ1v) is 7.00. The van der Waals surface area contributed by atoms with Crippen molar-refractivity contribution in [2.75, 3.05) is 6.61 Å². The summed E-state index contributed by atoms with van der Waals surface area (Å²) in [4.78, 5) is 0. The van der Waals surface area contributed by atoms with Gasteiger partial charge in [0.1, 0.15) is 42.7 Å². The molecule has 9 nitrogen and oxygen atoms in total. The lowest BCUT2D eigenvalue weighted by atomic mass is 9.93. The van der Waals surface area contributed by atoms with Crippen molar-refractivity contribution < 1.29 is 40.1 Å². The zero-order valence-corrected chi connectivity index (χ0v) is 12.0. The first kappa shape index (κ1) is 18.0. The molecular formula is C14H19NO8. The fourth-order valence-corrected chi connectivity index (χ4v) is 2.48. The summed E-state index contributed by atoms with van der Waals surface area (Å²) in [5.74, 6) is 0. The van der Waals surface area contributed by atoms with Gasteiger partial charge < -0.3 is 40.1 Å². The highest BCUT2D eigenvalue weighted by Crippen LogP contribution is 2.28. The molecule has 2 aliphatic rings. The molecule has 6 N–H and O–H groups in total. The van der Waals surface area contributed by atoms with Crippen LogP contribution in [0.25, 0.3) is 0 Å². The van der Waals surface area contributed by atoms with E-state index in [4.69, 9.17) is 19.8 Å². The van der Waals surface area contributed by atoms with Gasteiger partial charge in [0.25, 0.3) is 0 Å². The van der Waals surface area contributed by atoms with E-state index < -0.39 is 55.6 Å². The van der Waals surface area contributed by atoms with E-state index >= 15 is 0 Å². The van der Waals surface area contributed by atoms with Gasteiger partial charge in [-0.1, -0.05) is 12.2 Å². The van der Waals surface area contributed by atoms with Crippen LogP contribution in [0.5, 0.6) is 0 Å². The number of nitriles is 1. The Balaban J connectivity index is 2.20. The van der Waals surface area contributed by atoms with E-state index in [1.165, 1.54) is 12.2 Å². The number of aliphatic hydroxyl groups excluding tert-OH is 6. The maximum atomic E-state index is 10.0. The quantitative estimate of drug-likeness (QED) is 0.294. The van der Waals surface area contributed by atoms with Gasteiger partial charge in [0, 0.05) is 6.08 Å². The second-order valence-corrected chi connectivity index (χ2v) is 5.37. The summed E-state index contributed by atoms with van der Waals surface area (Å²) in [6.07, 6.45) is -7.57. The summed E-state index contributed by atoms with van der Waals surface area (Å²) >= 11 is 0. The van der Waals surface area contributed by atoms with Crippen molar-refractivity contribution >= 4 is 0 Å². The van der Waals surface area contributed by atoms with Crippen molar-refractivity contribution in [3.63, 3.8) is 0 Å². The molecule has 2 rings (SSSR count). The SMILES string of the molecule is N#C/C=C1/C=C[C@@H](O)[C@@H](O)[C@H]1O[C@@H]1O[C@H](CO)[C@@H](O)[C@H](O)[C@H]1O. The number of nitrogens with zero attached hydrogens (tertiary/aromatic N) is 1. The van der Waals surface area contributed by atoms with E-state index in [2.05, 4.69) is 0 Å². The Hall–Kier alpha value is -1.35. The largest absolute Gasteiger partial charge is 0.394 e. The normalized spacial score (nSPS) is 45.9. The van der Waals surface area contributed by atoms with Crippen molar-refractivity contribution in [3.05, 3.63) is 23.8 Å². The highest BCUT2D eigenvalue weighted by molar-refractivity contribution is 5.34. The minimum Gasteiger partial charge on any atom is -0.394 e. The summed E-state index contributed by atoms with van der Waals surface area (Å²) in [6, 6.07) is 1.77. The number of ether oxygens (including phenoxy) is 2. The minimum atomic E-state index is -1.65. The maximum Gasteiger partial charge on any atom is 0.187 e. The molecule has 0 saturated carbocycles. The third kappa shape index (κ3) is 3.60. The first-order valence-electron chi connectivity index (χ1n) is 7.00. The maximum absolute atomic E-state index is 10.0. The summed E-state index contributed by atoms with van der Waals surface area (Å²) in [7, 11) is 0. The molecule has 0 unspecified atom stereocenters. The molecule has 1 aliphatic heterocycles. The fourth-order valence-electron chi connectivity index (χ4n) is 2.48. The zero-order chi connectivity index (χ0) is 17.1. The Kier molecular flexibility index (Phi) is 5.85. The Labute approximate surface area is 131 Å². The van der Waals surface area contributed by atoms with Gasteiger partial charge in [-0.05, 0) is 5.57 Å². The molecular weight excluding hydrogens is 310 g/mol. The lowest BCUT2D eigenvalue weighted by molar-refractivity contribution is -0.314. The van der Waals surface area contributed by atoms with Crippen LogP contribution in [0.3, 0.4) is 0 Å². The van der Waals surface area contributed by atoms with Crippen molar-refractivity contribution in [1.82, 2.24) is 0 Å². The molecule has 0 spiro atoms. The number of hydrogen-bond acceptors (Lipinski definition) is 9. The van der Waals surface area contributed by atoms with E-state index in [0.29, 0.717) is 0 Å². The van der Waals surface area contributed by atoms with Crippen molar-refractivity contribution in [3.8, 4) is 6.07 Å². The molecule has 128 valence electrons. The highest BCUT2D eigenvalue weighted by atomic mass is 16.7. The Morgan fingerprint density at radius 2 is 1.83 bits per heavy atom. The predicted octanol–water partition coefficient (Wildman–Crippen LogP) is -3.09. The third-order valence-electron chi connectivity index (χ3n) is 3.83. The molecule has 8 atom stereocenters. The highest BCUT2D eigenvalue weighted by Gasteiger charge is 2.46. The second-order valence-electron chi connectivity index (χ2n) is 5.37. The van der Waals surface area contributed by atoms with E-state index in [9.17, 15) is 25.5 Å². The summed E-state index contributed by atoms with van der Waals surface area (Å²) in [6.45, 7) is -0.624. The second kappa shape index (κ2) is 7.48. The topological polar surface area (TPSA) is 164 Å². The molecule has 1 aliphatic carbocycles. The van der Waals surface area contributed by atoms with Gasteiger partial charge in [-0.15, -0.1) is 0 Å². The van der Waals surface area contributed by atoms with Crippen LogP contribution in [-0.2, 0) is 9.47 Å². The standard InChI is InChI=1S/C14H19NO8/c15-4-3-6-1-2-7(17)9(18)13(6)23-14-12(21)11(20)10(19)8(5-16)22-14/h1-3,7-14,16-21H,5H2/b6-3-/t7-,8-,9-,10-,11+,12-,13+,14+/m1/s1. The van der Waals surface area contributed by atoms with Crippen LogP contribution in [0.4, 0.5) is 0 Å². The van der Waals surface area contributed by atoms with E-state index in [1.807, 2.05) is 0 Å². The summed E-state index contributed by atoms with van der Waals surface area (Å²) in [5.41, 5.74) is 0.238. The van der Waals surface area contributed by atoms with Crippen molar-refractivity contribution in [1.29, 1.82) is 5.26 Å². The van der Waals surface area contributed by atoms with Gasteiger partial charge in [0.05, 0.1) is 12.7 Å². The minimum absolute atomic E-state index is 0.238. The molecule has 1 heterocycles. The van der Waals surface area contributed by atoms with Gasteiger partial charge in [0.15, 0.2) is 6.29 Å². The van der Waals surface area contributed by atoms with Gasteiger partial charge in [0.2, 0.25) is 0 Å². The number of rotatable bonds is 3. The van der Waals surface area contributed by atoms with E-state index in [0.717, 1.165) is 6.08 Å². The van der Waals surface area contributed by atoms with Gasteiger partial charge in [-0.3, -0.25) is 0 Å².